The van der Waals surface area contributed by atoms with E-state index in [4.69, 9.17) is 0 Å². The molecular formula is C14H17Br2NO. The van der Waals surface area contributed by atoms with Gasteiger partial charge >= 0.3 is 0 Å². The maximum absolute atomic E-state index is 12.4. The van der Waals surface area contributed by atoms with Crippen LogP contribution in [0.25, 0.3) is 0 Å². The summed E-state index contributed by atoms with van der Waals surface area (Å²) in [5, 5.41) is 0. The molecule has 18 heavy (non-hydrogen) atoms. The van der Waals surface area contributed by atoms with E-state index in [1.54, 1.807) is 0 Å². The Hall–Kier alpha value is -0.350. The number of carbonyl (C=O) groups excluding carboxylic acids is 1. The number of likely N-dealkylation sites (tertiary alicyclic amines) is 1. The van der Waals surface area contributed by atoms with Gasteiger partial charge in [0.25, 0.3) is 5.91 Å². The van der Waals surface area contributed by atoms with Crippen LogP contribution in [0.4, 0.5) is 0 Å². The lowest BCUT2D eigenvalue weighted by atomic mass is 9.82. The van der Waals surface area contributed by atoms with E-state index in [0.717, 1.165) is 40.4 Å². The third kappa shape index (κ3) is 3.35. The zero-order valence-electron chi connectivity index (χ0n) is 10.7. The fourth-order valence-corrected chi connectivity index (χ4v) is 3.47. The van der Waals surface area contributed by atoms with Crippen molar-refractivity contribution in [2.75, 3.05) is 13.1 Å². The molecule has 1 aromatic carbocycles. The van der Waals surface area contributed by atoms with Crippen molar-refractivity contribution >= 4 is 37.8 Å². The maximum atomic E-state index is 12.4. The second kappa shape index (κ2) is 5.33. The van der Waals surface area contributed by atoms with E-state index >= 15 is 0 Å². The first-order chi connectivity index (χ1) is 8.37. The van der Waals surface area contributed by atoms with Crippen LogP contribution in [0, 0.1) is 5.41 Å². The number of nitrogens with zero attached hydrogens (tertiary/aromatic N) is 1. The summed E-state index contributed by atoms with van der Waals surface area (Å²) >= 11 is 6.85. The van der Waals surface area contributed by atoms with Gasteiger partial charge < -0.3 is 4.90 Å². The minimum absolute atomic E-state index is 0.132. The Morgan fingerprint density at radius 1 is 1.11 bits per heavy atom. The average molecular weight is 375 g/mol. The summed E-state index contributed by atoms with van der Waals surface area (Å²) < 4.78 is 1.86. The standard InChI is InChI=1S/C14H17Br2NO/c1-14(2)3-5-17(6-4-14)13(18)10-7-11(15)9-12(16)8-10/h7-9H,3-6H2,1-2H3. The van der Waals surface area contributed by atoms with Crippen molar-refractivity contribution in [1.29, 1.82) is 0 Å². The SMILES string of the molecule is CC1(C)CCN(C(=O)c2cc(Br)cc(Br)c2)CC1. The van der Waals surface area contributed by atoms with Crippen molar-refractivity contribution in [3.05, 3.63) is 32.7 Å². The largest absolute Gasteiger partial charge is 0.339 e. The highest BCUT2D eigenvalue weighted by Crippen LogP contribution is 2.30. The maximum Gasteiger partial charge on any atom is 0.253 e. The molecular weight excluding hydrogens is 358 g/mol. The van der Waals surface area contributed by atoms with Crippen LogP contribution in [0.3, 0.4) is 0 Å². The lowest BCUT2D eigenvalue weighted by Crippen LogP contribution is -2.41. The summed E-state index contributed by atoms with van der Waals surface area (Å²) in [5.74, 6) is 0.132. The predicted molar refractivity (Wildman–Crippen MR) is 80.8 cm³/mol. The third-order valence-electron chi connectivity index (χ3n) is 3.51. The summed E-state index contributed by atoms with van der Waals surface area (Å²) in [6.45, 7) is 6.25. The minimum atomic E-state index is 0.132. The predicted octanol–water partition coefficient (Wildman–Crippen LogP) is 4.47. The van der Waals surface area contributed by atoms with Crippen molar-refractivity contribution < 1.29 is 4.79 Å². The minimum Gasteiger partial charge on any atom is -0.339 e. The number of benzene rings is 1. The molecule has 0 bridgehead atoms. The summed E-state index contributed by atoms with van der Waals surface area (Å²) in [6, 6.07) is 5.70. The van der Waals surface area contributed by atoms with Crippen LogP contribution >= 0.6 is 31.9 Å². The molecule has 0 N–H and O–H groups in total. The highest BCUT2D eigenvalue weighted by atomic mass is 79.9. The molecule has 2 nitrogen and oxygen atoms in total. The van der Waals surface area contributed by atoms with Gasteiger partial charge in [0.2, 0.25) is 0 Å². The number of piperidine rings is 1. The Bertz CT molecular complexity index is 441. The molecule has 1 heterocycles. The van der Waals surface area contributed by atoms with Gasteiger partial charge in [0.05, 0.1) is 0 Å². The van der Waals surface area contributed by atoms with E-state index in [1.807, 2.05) is 23.1 Å². The van der Waals surface area contributed by atoms with Crippen LogP contribution in [0.5, 0.6) is 0 Å². The van der Waals surface area contributed by atoms with Crippen LogP contribution in [-0.2, 0) is 0 Å². The number of rotatable bonds is 1. The Morgan fingerprint density at radius 2 is 1.61 bits per heavy atom. The Labute approximate surface area is 125 Å². The van der Waals surface area contributed by atoms with Crippen molar-refractivity contribution in [3.63, 3.8) is 0 Å². The molecule has 98 valence electrons. The molecule has 4 heteroatoms. The van der Waals surface area contributed by atoms with Crippen molar-refractivity contribution in [1.82, 2.24) is 4.90 Å². The zero-order valence-corrected chi connectivity index (χ0v) is 13.8. The van der Waals surface area contributed by atoms with Gasteiger partial charge in [-0.15, -0.1) is 0 Å². The molecule has 0 spiro atoms. The Kier molecular flexibility index (Phi) is 4.17. The number of hydrogen-bond donors (Lipinski definition) is 0. The second-order valence-electron chi connectivity index (χ2n) is 5.61. The molecule has 2 rings (SSSR count). The van der Waals surface area contributed by atoms with Crippen LogP contribution in [0.15, 0.2) is 27.1 Å². The lowest BCUT2D eigenvalue weighted by Gasteiger charge is -2.37. The fraction of sp³-hybridized carbons (Fsp3) is 0.500. The van der Waals surface area contributed by atoms with Gasteiger partial charge in [0, 0.05) is 27.6 Å². The first-order valence-electron chi connectivity index (χ1n) is 6.13. The molecule has 0 aliphatic carbocycles. The Balaban J connectivity index is 2.12. The average Bonchev–Trinajstić information content (AvgIpc) is 2.27. The first kappa shape index (κ1) is 14.1. The third-order valence-corrected chi connectivity index (χ3v) is 4.43. The van der Waals surface area contributed by atoms with E-state index in [1.165, 1.54) is 0 Å². The van der Waals surface area contributed by atoms with Crippen LogP contribution in [0.1, 0.15) is 37.0 Å². The highest BCUT2D eigenvalue weighted by Gasteiger charge is 2.28. The summed E-state index contributed by atoms with van der Waals surface area (Å²) in [4.78, 5) is 14.4. The molecule has 1 fully saturated rings. The van der Waals surface area contributed by atoms with Gasteiger partial charge in [-0.1, -0.05) is 45.7 Å². The van der Waals surface area contributed by atoms with Gasteiger partial charge in [-0.2, -0.15) is 0 Å². The van der Waals surface area contributed by atoms with Crippen LogP contribution in [0.2, 0.25) is 0 Å². The van der Waals surface area contributed by atoms with E-state index in [0.29, 0.717) is 5.41 Å². The molecule has 0 unspecified atom stereocenters. The quantitative estimate of drug-likeness (QED) is 0.709. The highest BCUT2D eigenvalue weighted by molar-refractivity contribution is 9.11. The normalized spacial score (nSPS) is 18.8. The molecule has 0 saturated carbocycles. The molecule has 1 saturated heterocycles. The monoisotopic (exact) mass is 373 g/mol. The van der Waals surface area contributed by atoms with Gasteiger partial charge in [-0.05, 0) is 36.5 Å². The molecule has 0 radical (unpaired) electrons. The van der Waals surface area contributed by atoms with E-state index < -0.39 is 0 Å². The van der Waals surface area contributed by atoms with Gasteiger partial charge in [0.15, 0.2) is 0 Å². The first-order valence-corrected chi connectivity index (χ1v) is 7.71. The number of halogens is 2. The Morgan fingerprint density at radius 3 is 2.11 bits per heavy atom. The molecule has 0 aromatic heterocycles. The molecule has 0 atom stereocenters. The van der Waals surface area contributed by atoms with Crippen LogP contribution in [-0.4, -0.2) is 23.9 Å². The van der Waals surface area contributed by atoms with Crippen LogP contribution < -0.4 is 0 Å². The lowest BCUT2D eigenvalue weighted by molar-refractivity contribution is 0.0630. The molecule has 1 aromatic rings. The molecule has 1 aliphatic rings. The van der Waals surface area contributed by atoms with E-state index in [2.05, 4.69) is 45.7 Å². The number of carbonyl (C=O) groups is 1. The van der Waals surface area contributed by atoms with Crippen molar-refractivity contribution in [2.24, 2.45) is 5.41 Å². The van der Waals surface area contributed by atoms with Gasteiger partial charge in [-0.3, -0.25) is 4.79 Å². The molecule has 1 amide bonds. The second-order valence-corrected chi connectivity index (χ2v) is 7.45. The van der Waals surface area contributed by atoms with Crippen molar-refractivity contribution in [3.8, 4) is 0 Å². The summed E-state index contributed by atoms with van der Waals surface area (Å²) in [5.41, 5.74) is 1.12. The smallest absolute Gasteiger partial charge is 0.253 e. The topological polar surface area (TPSA) is 20.3 Å². The zero-order chi connectivity index (χ0) is 13.3. The van der Waals surface area contributed by atoms with Gasteiger partial charge in [0.1, 0.15) is 0 Å². The number of hydrogen-bond acceptors (Lipinski definition) is 1. The van der Waals surface area contributed by atoms with Gasteiger partial charge in [-0.25, -0.2) is 0 Å². The summed E-state index contributed by atoms with van der Waals surface area (Å²) in [6.07, 6.45) is 2.15. The number of amides is 1. The van der Waals surface area contributed by atoms with Crippen molar-refractivity contribution in [2.45, 2.75) is 26.7 Å². The summed E-state index contributed by atoms with van der Waals surface area (Å²) in [7, 11) is 0. The fourth-order valence-electron chi connectivity index (χ4n) is 2.18. The van der Waals surface area contributed by atoms with E-state index in [-0.39, 0.29) is 5.91 Å². The molecule has 1 aliphatic heterocycles. The van der Waals surface area contributed by atoms with E-state index in [9.17, 15) is 4.79 Å².